The maximum atomic E-state index is 9.13. The lowest BCUT2D eigenvalue weighted by atomic mass is 10.2. The zero-order valence-electron chi connectivity index (χ0n) is 16.1. The maximum absolute atomic E-state index is 9.13. The predicted octanol–water partition coefficient (Wildman–Crippen LogP) is 2.09. The van der Waals surface area contributed by atoms with Crippen molar-refractivity contribution in [3.63, 3.8) is 0 Å². The Morgan fingerprint density at radius 2 is 2.00 bits per heavy atom. The van der Waals surface area contributed by atoms with Gasteiger partial charge in [-0.1, -0.05) is 18.1 Å². The van der Waals surface area contributed by atoms with Crippen LogP contribution in [0.5, 0.6) is 5.75 Å². The lowest BCUT2D eigenvalue weighted by Crippen LogP contribution is -2.27. The molecule has 0 unspecified atom stereocenters. The molecule has 5 N–H and O–H groups in total. The summed E-state index contributed by atoms with van der Waals surface area (Å²) in [5.74, 6) is 5.80. The van der Waals surface area contributed by atoms with E-state index in [1.807, 2.05) is 31.2 Å². The van der Waals surface area contributed by atoms with Gasteiger partial charge in [0.2, 0.25) is 5.95 Å². The van der Waals surface area contributed by atoms with Crippen LogP contribution in [0.1, 0.15) is 32.6 Å². The van der Waals surface area contributed by atoms with Crippen LogP contribution in [0.4, 0.5) is 10.7 Å². The largest absolute Gasteiger partial charge is 0.494 e. The minimum Gasteiger partial charge on any atom is -0.494 e. The van der Waals surface area contributed by atoms with Crippen molar-refractivity contribution >= 4 is 23.2 Å². The first-order chi connectivity index (χ1) is 14.1. The van der Waals surface area contributed by atoms with Gasteiger partial charge in [0, 0.05) is 6.04 Å². The number of hydrogen-bond acceptors (Lipinski definition) is 8. The van der Waals surface area contributed by atoms with Gasteiger partial charge in [-0.05, 0) is 44.0 Å². The van der Waals surface area contributed by atoms with Crippen LogP contribution in [0, 0.1) is 0 Å². The number of amides is 1. The van der Waals surface area contributed by atoms with Crippen LogP contribution in [-0.2, 0) is 0 Å². The van der Waals surface area contributed by atoms with Crippen LogP contribution in [0.25, 0.3) is 16.9 Å². The molecule has 3 aromatic rings. The van der Waals surface area contributed by atoms with Gasteiger partial charge in [-0.15, -0.1) is 5.10 Å². The number of fused-ring (bicyclic) bond motifs is 1. The lowest BCUT2D eigenvalue weighted by molar-refractivity contribution is 0.194. The zero-order valence-corrected chi connectivity index (χ0v) is 16.1. The molecular weight excluding hydrogens is 376 g/mol. The van der Waals surface area contributed by atoms with E-state index in [1.54, 1.807) is 10.9 Å². The van der Waals surface area contributed by atoms with Crippen molar-refractivity contribution in [3.05, 3.63) is 30.5 Å². The second-order valence-corrected chi connectivity index (χ2v) is 6.41. The first-order valence-electron chi connectivity index (χ1n) is 9.38. The number of benzene rings is 1. The number of nitrogens with one attached hydrogen (secondary N) is 2. The molecule has 4 rings (SSSR count). The summed E-state index contributed by atoms with van der Waals surface area (Å²) in [6.07, 6.45) is 5.40. The van der Waals surface area contributed by atoms with Crippen molar-refractivity contribution in [1.29, 1.82) is 0 Å². The molecule has 2 heterocycles. The SMILES string of the molecule is CCOc1ccc(-n2nnc3cnc(NC4CCCC4)nc32)cc1.NNC(=O)O. The Bertz CT molecular complexity index is 938. The van der Waals surface area contributed by atoms with Crippen LogP contribution in [0.2, 0.25) is 0 Å². The quantitative estimate of drug-likeness (QED) is 0.286. The van der Waals surface area contributed by atoms with Crippen molar-refractivity contribution in [1.82, 2.24) is 30.4 Å². The molecule has 11 nitrogen and oxygen atoms in total. The number of rotatable bonds is 5. The number of hydrazine groups is 1. The molecule has 29 heavy (non-hydrogen) atoms. The fourth-order valence-corrected chi connectivity index (χ4v) is 3.07. The molecule has 1 amide bonds. The second-order valence-electron chi connectivity index (χ2n) is 6.41. The van der Waals surface area contributed by atoms with Crippen molar-refractivity contribution in [3.8, 4) is 11.4 Å². The van der Waals surface area contributed by atoms with Gasteiger partial charge in [0.15, 0.2) is 11.2 Å². The van der Waals surface area contributed by atoms with E-state index in [1.165, 1.54) is 31.1 Å². The monoisotopic (exact) mass is 400 g/mol. The average molecular weight is 400 g/mol. The number of hydrogen-bond donors (Lipinski definition) is 4. The fraction of sp³-hybridized carbons (Fsp3) is 0.389. The Morgan fingerprint density at radius 3 is 2.62 bits per heavy atom. The van der Waals surface area contributed by atoms with E-state index in [2.05, 4.69) is 31.4 Å². The first kappa shape index (κ1) is 20.3. The highest BCUT2D eigenvalue weighted by Gasteiger charge is 2.17. The minimum atomic E-state index is -1.22. The van der Waals surface area contributed by atoms with Crippen molar-refractivity contribution in [2.24, 2.45) is 5.84 Å². The molecule has 1 aliphatic carbocycles. The summed E-state index contributed by atoms with van der Waals surface area (Å²) in [5, 5.41) is 19.3. The first-order valence-corrected chi connectivity index (χ1v) is 9.38. The molecule has 1 fully saturated rings. The molecule has 0 spiro atoms. The molecule has 1 aromatic carbocycles. The molecule has 0 bridgehead atoms. The summed E-state index contributed by atoms with van der Waals surface area (Å²) in [6.45, 7) is 2.61. The summed E-state index contributed by atoms with van der Waals surface area (Å²) in [5.41, 5.74) is 3.72. The van der Waals surface area contributed by atoms with E-state index in [0.717, 1.165) is 11.4 Å². The number of carbonyl (C=O) groups is 1. The maximum Gasteiger partial charge on any atom is 0.418 e. The summed E-state index contributed by atoms with van der Waals surface area (Å²) in [7, 11) is 0. The van der Waals surface area contributed by atoms with Gasteiger partial charge in [-0.25, -0.2) is 15.6 Å². The third-order valence-electron chi connectivity index (χ3n) is 4.40. The van der Waals surface area contributed by atoms with Gasteiger partial charge >= 0.3 is 6.09 Å². The van der Waals surface area contributed by atoms with Crippen LogP contribution < -0.4 is 21.3 Å². The molecule has 154 valence electrons. The van der Waals surface area contributed by atoms with Crippen LogP contribution in [-0.4, -0.2) is 48.8 Å². The molecule has 1 aliphatic rings. The molecule has 2 aromatic heterocycles. The molecule has 0 atom stereocenters. The molecule has 1 saturated carbocycles. The third-order valence-corrected chi connectivity index (χ3v) is 4.40. The normalized spacial score (nSPS) is 13.6. The number of anilines is 1. The molecule has 0 saturated heterocycles. The Labute approximate surface area is 167 Å². The molecular formula is C18H24N8O3. The Balaban J connectivity index is 0.000000431. The van der Waals surface area contributed by atoms with Crippen molar-refractivity contribution < 1.29 is 14.6 Å². The molecule has 11 heteroatoms. The van der Waals surface area contributed by atoms with Crippen LogP contribution in [0.3, 0.4) is 0 Å². The van der Waals surface area contributed by atoms with Crippen LogP contribution >= 0.6 is 0 Å². The summed E-state index contributed by atoms with van der Waals surface area (Å²) >= 11 is 0. The Kier molecular flexibility index (Phi) is 6.74. The van der Waals surface area contributed by atoms with Crippen LogP contribution in [0.15, 0.2) is 30.5 Å². The number of aromatic nitrogens is 5. The van der Waals surface area contributed by atoms with Gasteiger partial charge < -0.3 is 15.2 Å². The Hall–Kier alpha value is -3.47. The van der Waals surface area contributed by atoms with Gasteiger partial charge in [0.1, 0.15) is 5.75 Å². The smallest absolute Gasteiger partial charge is 0.418 e. The average Bonchev–Trinajstić information content (AvgIpc) is 3.39. The van der Waals surface area contributed by atoms with E-state index < -0.39 is 6.09 Å². The second kappa shape index (κ2) is 9.64. The van der Waals surface area contributed by atoms with Gasteiger partial charge in [0.25, 0.3) is 0 Å². The fourth-order valence-electron chi connectivity index (χ4n) is 3.07. The lowest BCUT2D eigenvalue weighted by Gasteiger charge is -2.11. The van der Waals surface area contributed by atoms with E-state index in [0.29, 0.717) is 29.8 Å². The highest BCUT2D eigenvalue weighted by atomic mass is 16.5. The number of nitrogens with two attached hydrogens (primary N) is 1. The summed E-state index contributed by atoms with van der Waals surface area (Å²) < 4.78 is 7.21. The zero-order chi connectivity index (χ0) is 20.6. The third kappa shape index (κ3) is 5.29. The molecule has 0 aliphatic heterocycles. The van der Waals surface area contributed by atoms with Gasteiger partial charge in [-0.3, -0.25) is 5.43 Å². The highest BCUT2D eigenvalue weighted by molar-refractivity contribution is 5.72. The number of ether oxygens (including phenoxy) is 1. The predicted molar refractivity (Wildman–Crippen MR) is 107 cm³/mol. The summed E-state index contributed by atoms with van der Waals surface area (Å²) in [6, 6.07) is 8.21. The topological polar surface area (TPSA) is 153 Å². The minimum absolute atomic E-state index is 0.470. The van der Waals surface area contributed by atoms with E-state index in [9.17, 15) is 0 Å². The van der Waals surface area contributed by atoms with E-state index >= 15 is 0 Å². The van der Waals surface area contributed by atoms with E-state index in [-0.39, 0.29) is 0 Å². The van der Waals surface area contributed by atoms with E-state index in [4.69, 9.17) is 14.6 Å². The van der Waals surface area contributed by atoms with Crippen molar-refractivity contribution in [2.75, 3.05) is 11.9 Å². The molecule has 0 radical (unpaired) electrons. The summed E-state index contributed by atoms with van der Waals surface area (Å²) in [4.78, 5) is 18.1. The van der Waals surface area contributed by atoms with Crippen molar-refractivity contribution in [2.45, 2.75) is 38.6 Å². The highest BCUT2D eigenvalue weighted by Crippen LogP contribution is 2.22. The van der Waals surface area contributed by atoms with Gasteiger partial charge in [-0.2, -0.15) is 9.67 Å². The standard InChI is InChI=1S/C17H20N6O.CH4N2O2/c1-2-24-14-9-7-13(8-10-14)23-16-15(21-22-23)11-18-17(20-16)19-12-5-3-4-6-12;2-3-1(4)5/h7-12H,2-6H2,1H3,(H,18,19,20);3H,2H2,(H,4,5). The Morgan fingerprint density at radius 1 is 1.31 bits per heavy atom. The number of carboxylic acid groups (broad SMARTS) is 1. The number of nitrogens with zero attached hydrogens (tertiary/aromatic N) is 5. The van der Waals surface area contributed by atoms with Gasteiger partial charge in [0.05, 0.1) is 18.5 Å².